The van der Waals surface area contributed by atoms with Crippen LogP contribution in [0.25, 0.3) is 0 Å². The number of hydrogen-bond acceptors (Lipinski definition) is 3. The van der Waals surface area contributed by atoms with E-state index in [1.165, 1.54) is 19.3 Å². The maximum absolute atomic E-state index is 11.7. The minimum absolute atomic E-state index is 0.106. The first-order valence-corrected chi connectivity index (χ1v) is 6.77. The molecule has 2 rings (SSSR count). The maximum atomic E-state index is 11.7. The number of likely N-dealkylation sites (tertiary alicyclic amines) is 1. The van der Waals surface area contributed by atoms with Gasteiger partial charge in [-0.2, -0.15) is 0 Å². The number of hydrogen-bond donors (Lipinski definition) is 2. The van der Waals surface area contributed by atoms with Crippen molar-refractivity contribution in [3.05, 3.63) is 0 Å². The van der Waals surface area contributed by atoms with Crippen LogP contribution in [0.1, 0.15) is 39.0 Å². The predicted molar refractivity (Wildman–Crippen MR) is 66.6 cm³/mol. The smallest absolute Gasteiger partial charge is 0.234 e. The molecule has 1 atom stereocenters. The van der Waals surface area contributed by atoms with E-state index in [0.29, 0.717) is 19.0 Å². The Kier molecular flexibility index (Phi) is 4.05. The van der Waals surface area contributed by atoms with Crippen LogP contribution in [0.3, 0.4) is 0 Å². The van der Waals surface area contributed by atoms with Gasteiger partial charge in [-0.05, 0) is 45.1 Å². The van der Waals surface area contributed by atoms with Crippen LogP contribution in [-0.4, -0.2) is 47.7 Å². The van der Waals surface area contributed by atoms with E-state index in [0.717, 1.165) is 25.9 Å². The van der Waals surface area contributed by atoms with Crippen LogP contribution in [0, 0.1) is 5.92 Å². The number of aliphatic hydroxyl groups is 1. The summed E-state index contributed by atoms with van der Waals surface area (Å²) in [6, 6.07) is 0. The molecule has 1 unspecified atom stereocenters. The Morgan fingerprint density at radius 3 is 2.82 bits per heavy atom. The van der Waals surface area contributed by atoms with E-state index >= 15 is 0 Å². The van der Waals surface area contributed by atoms with Gasteiger partial charge in [-0.3, -0.25) is 9.69 Å². The normalized spacial score (nSPS) is 30.9. The summed E-state index contributed by atoms with van der Waals surface area (Å²) in [6.07, 6.45) is 5.66. The second-order valence-corrected chi connectivity index (χ2v) is 5.91. The fourth-order valence-corrected chi connectivity index (χ4v) is 2.67. The lowest BCUT2D eigenvalue weighted by atomic mass is 9.85. The number of nitrogens with zero attached hydrogens (tertiary/aromatic N) is 1. The molecule has 0 spiro atoms. The van der Waals surface area contributed by atoms with E-state index in [-0.39, 0.29) is 5.91 Å². The van der Waals surface area contributed by atoms with E-state index in [1.807, 2.05) is 6.92 Å². The summed E-state index contributed by atoms with van der Waals surface area (Å²) >= 11 is 0. The van der Waals surface area contributed by atoms with Gasteiger partial charge >= 0.3 is 0 Å². The molecule has 4 nitrogen and oxygen atoms in total. The number of piperidine rings is 1. The molecule has 1 aliphatic heterocycles. The summed E-state index contributed by atoms with van der Waals surface area (Å²) in [5, 5.41) is 12.9. The van der Waals surface area contributed by atoms with Crippen molar-refractivity contribution in [1.29, 1.82) is 0 Å². The maximum Gasteiger partial charge on any atom is 0.234 e. The molecule has 2 N–H and O–H groups in total. The molecule has 4 heteroatoms. The van der Waals surface area contributed by atoms with Crippen LogP contribution in [0.2, 0.25) is 0 Å². The summed E-state index contributed by atoms with van der Waals surface area (Å²) in [6.45, 7) is 4.66. The second kappa shape index (κ2) is 5.36. The third-order valence-corrected chi connectivity index (χ3v) is 3.93. The Bertz CT molecular complexity index is 275. The molecule has 1 aliphatic carbocycles. The van der Waals surface area contributed by atoms with Gasteiger partial charge in [0.25, 0.3) is 0 Å². The van der Waals surface area contributed by atoms with Crippen molar-refractivity contribution in [3.8, 4) is 0 Å². The molecule has 98 valence electrons. The highest BCUT2D eigenvalue weighted by Gasteiger charge is 2.29. The van der Waals surface area contributed by atoms with Gasteiger partial charge in [-0.25, -0.2) is 0 Å². The van der Waals surface area contributed by atoms with Gasteiger partial charge in [-0.1, -0.05) is 6.42 Å². The lowest BCUT2D eigenvalue weighted by molar-refractivity contribution is -0.124. The highest BCUT2D eigenvalue weighted by atomic mass is 16.3. The fourth-order valence-electron chi connectivity index (χ4n) is 2.67. The molecular formula is C13H24N2O2. The zero-order valence-electron chi connectivity index (χ0n) is 10.7. The highest BCUT2D eigenvalue weighted by molar-refractivity contribution is 5.78. The highest BCUT2D eigenvalue weighted by Crippen LogP contribution is 2.25. The third-order valence-electron chi connectivity index (χ3n) is 3.93. The van der Waals surface area contributed by atoms with E-state index in [4.69, 9.17) is 0 Å². The molecule has 2 fully saturated rings. The predicted octanol–water partition coefficient (Wildman–Crippen LogP) is 0.749. The minimum atomic E-state index is -0.619. The van der Waals surface area contributed by atoms with Gasteiger partial charge in [-0.15, -0.1) is 0 Å². The van der Waals surface area contributed by atoms with Crippen LogP contribution < -0.4 is 5.32 Å². The topological polar surface area (TPSA) is 52.6 Å². The van der Waals surface area contributed by atoms with Gasteiger partial charge < -0.3 is 10.4 Å². The van der Waals surface area contributed by atoms with Crippen molar-refractivity contribution in [2.75, 3.05) is 26.2 Å². The number of nitrogens with one attached hydrogen (secondary N) is 1. The first-order valence-electron chi connectivity index (χ1n) is 6.77. The lowest BCUT2D eigenvalue weighted by Gasteiger charge is -2.36. The molecule has 1 amide bonds. The Morgan fingerprint density at radius 2 is 2.24 bits per heavy atom. The number of β-amino-alcohol motifs (C(OH)–C–C–N with tert-alkyl or cyclic N) is 1. The number of amides is 1. The van der Waals surface area contributed by atoms with Crippen LogP contribution in [-0.2, 0) is 4.79 Å². The first-order chi connectivity index (χ1) is 8.05. The van der Waals surface area contributed by atoms with E-state index in [9.17, 15) is 9.90 Å². The Morgan fingerprint density at radius 1 is 1.47 bits per heavy atom. The average molecular weight is 240 g/mol. The van der Waals surface area contributed by atoms with Crippen molar-refractivity contribution in [1.82, 2.24) is 10.2 Å². The Balaban J connectivity index is 1.66. The van der Waals surface area contributed by atoms with Crippen molar-refractivity contribution in [3.63, 3.8) is 0 Å². The molecule has 0 aromatic rings. The number of carbonyl (C=O) groups is 1. The van der Waals surface area contributed by atoms with Crippen molar-refractivity contribution >= 4 is 5.91 Å². The lowest BCUT2D eigenvalue weighted by Crippen LogP contribution is -2.49. The molecule has 0 aromatic heterocycles. The van der Waals surface area contributed by atoms with Gasteiger partial charge in [0.05, 0.1) is 12.1 Å². The summed E-state index contributed by atoms with van der Waals surface area (Å²) < 4.78 is 0. The summed E-state index contributed by atoms with van der Waals surface area (Å²) in [7, 11) is 0. The monoisotopic (exact) mass is 240 g/mol. The van der Waals surface area contributed by atoms with E-state index < -0.39 is 5.60 Å². The largest absolute Gasteiger partial charge is 0.389 e. The molecule has 1 saturated heterocycles. The molecule has 17 heavy (non-hydrogen) atoms. The molecule has 0 aromatic carbocycles. The Labute approximate surface area is 103 Å². The van der Waals surface area contributed by atoms with Crippen molar-refractivity contribution in [2.45, 2.75) is 44.6 Å². The average Bonchev–Trinajstić information content (AvgIpc) is 2.13. The Hall–Kier alpha value is -0.610. The molecular weight excluding hydrogens is 216 g/mol. The summed E-state index contributed by atoms with van der Waals surface area (Å²) in [5.74, 6) is 0.818. The van der Waals surface area contributed by atoms with Crippen molar-refractivity contribution in [2.24, 2.45) is 5.92 Å². The molecule has 0 radical (unpaired) electrons. The zero-order chi connectivity index (χ0) is 12.3. The summed E-state index contributed by atoms with van der Waals surface area (Å²) in [5.41, 5.74) is -0.619. The number of carbonyl (C=O) groups excluding carboxylic acids is 1. The van der Waals surface area contributed by atoms with E-state index in [2.05, 4.69) is 10.2 Å². The fraction of sp³-hybridized carbons (Fsp3) is 0.923. The molecule has 0 bridgehead atoms. The van der Waals surface area contributed by atoms with Gasteiger partial charge in [0, 0.05) is 13.1 Å². The van der Waals surface area contributed by atoms with Crippen LogP contribution in [0.4, 0.5) is 0 Å². The van der Waals surface area contributed by atoms with Crippen molar-refractivity contribution < 1.29 is 9.90 Å². The van der Waals surface area contributed by atoms with Gasteiger partial charge in [0.15, 0.2) is 0 Å². The third kappa shape index (κ3) is 3.96. The van der Waals surface area contributed by atoms with Gasteiger partial charge in [0.1, 0.15) is 0 Å². The first kappa shape index (κ1) is 12.8. The molecule has 2 aliphatic rings. The second-order valence-electron chi connectivity index (χ2n) is 5.91. The molecule has 1 heterocycles. The minimum Gasteiger partial charge on any atom is -0.389 e. The standard InChI is InChI=1S/C13H24N2O2/c1-13(17)6-3-7-15(10-13)9-12(16)14-8-11-4-2-5-11/h11,17H,2-10H2,1H3,(H,14,16). The van der Waals surface area contributed by atoms with Crippen LogP contribution >= 0.6 is 0 Å². The SMILES string of the molecule is CC1(O)CCCN(CC(=O)NCC2CCC2)C1. The zero-order valence-corrected chi connectivity index (χ0v) is 10.7. The van der Waals surface area contributed by atoms with E-state index in [1.54, 1.807) is 0 Å². The van der Waals surface area contributed by atoms with Gasteiger partial charge in [0.2, 0.25) is 5.91 Å². The number of rotatable bonds is 4. The molecule has 1 saturated carbocycles. The van der Waals surface area contributed by atoms with Crippen LogP contribution in [0.5, 0.6) is 0 Å². The summed E-state index contributed by atoms with van der Waals surface area (Å²) in [4.78, 5) is 13.8. The quantitative estimate of drug-likeness (QED) is 0.762. The van der Waals surface area contributed by atoms with Crippen LogP contribution in [0.15, 0.2) is 0 Å².